The van der Waals surface area contributed by atoms with Crippen LogP contribution >= 0.6 is 0 Å². The smallest absolute Gasteiger partial charge is 0.253 e. The lowest BCUT2D eigenvalue weighted by molar-refractivity contribution is -0.121. The molecule has 3 aromatic rings. The van der Waals surface area contributed by atoms with Crippen LogP contribution in [0.5, 0.6) is 0 Å². The number of aryl methyl sites for hydroxylation is 3. The van der Waals surface area contributed by atoms with E-state index < -0.39 is 5.82 Å². The first-order valence-corrected chi connectivity index (χ1v) is 10.5. The van der Waals surface area contributed by atoms with Crippen LogP contribution in [0.4, 0.5) is 10.1 Å². The highest BCUT2D eigenvalue weighted by molar-refractivity contribution is 5.96. The van der Waals surface area contributed by atoms with Crippen LogP contribution in [-0.2, 0) is 4.79 Å². The van der Waals surface area contributed by atoms with E-state index in [-0.39, 0.29) is 23.4 Å². The van der Waals surface area contributed by atoms with Gasteiger partial charge in [0.15, 0.2) is 5.82 Å². The Balaban J connectivity index is 1.47. The van der Waals surface area contributed by atoms with Crippen LogP contribution in [0, 0.1) is 32.5 Å². The van der Waals surface area contributed by atoms with Crippen LogP contribution in [0.25, 0.3) is 5.69 Å². The standard InChI is InChI=1S/C23H25FN6O2/c1-14-9-15(2)11-18(10-14)23(32)29-8-4-5-17(13-29)22(31)25-19-6-7-20(24)21(12-19)30-16(3)26-27-28-30/h6-7,9-12,17H,4-5,8,13H2,1-3H3,(H,25,31). The van der Waals surface area contributed by atoms with Crippen LogP contribution < -0.4 is 5.32 Å². The van der Waals surface area contributed by atoms with Gasteiger partial charge in [-0.1, -0.05) is 17.2 Å². The van der Waals surface area contributed by atoms with Crippen molar-refractivity contribution in [2.24, 2.45) is 5.92 Å². The number of carbonyl (C=O) groups is 2. The molecule has 0 spiro atoms. The molecule has 0 radical (unpaired) electrons. The maximum Gasteiger partial charge on any atom is 0.253 e. The van der Waals surface area contributed by atoms with E-state index in [1.807, 2.05) is 32.0 Å². The van der Waals surface area contributed by atoms with Crippen molar-refractivity contribution in [3.63, 3.8) is 0 Å². The fraction of sp³-hybridized carbons (Fsp3) is 0.348. The number of nitrogens with zero attached hydrogens (tertiary/aromatic N) is 5. The predicted molar refractivity (Wildman–Crippen MR) is 117 cm³/mol. The van der Waals surface area contributed by atoms with Gasteiger partial charge in [-0.05, 0) is 74.4 Å². The molecule has 1 aliphatic heterocycles. The van der Waals surface area contributed by atoms with Crippen LogP contribution in [-0.4, -0.2) is 50.0 Å². The molecule has 2 aromatic carbocycles. The predicted octanol–water partition coefficient (Wildman–Crippen LogP) is 3.22. The number of benzene rings is 2. The summed E-state index contributed by atoms with van der Waals surface area (Å²) in [4.78, 5) is 27.7. The van der Waals surface area contributed by atoms with Crippen molar-refractivity contribution in [2.75, 3.05) is 18.4 Å². The molecule has 0 bridgehead atoms. The Morgan fingerprint density at radius 2 is 1.84 bits per heavy atom. The molecule has 4 rings (SSSR count). The van der Waals surface area contributed by atoms with Crippen LogP contribution in [0.15, 0.2) is 36.4 Å². The largest absolute Gasteiger partial charge is 0.338 e. The van der Waals surface area contributed by atoms with E-state index in [1.165, 1.54) is 22.9 Å². The zero-order chi connectivity index (χ0) is 22.8. The van der Waals surface area contributed by atoms with E-state index in [1.54, 1.807) is 11.8 Å². The molecule has 0 saturated carbocycles. The second-order valence-corrected chi connectivity index (χ2v) is 8.26. The van der Waals surface area contributed by atoms with Gasteiger partial charge in [-0.15, -0.1) is 5.10 Å². The van der Waals surface area contributed by atoms with E-state index in [9.17, 15) is 14.0 Å². The van der Waals surface area contributed by atoms with Gasteiger partial charge in [-0.3, -0.25) is 9.59 Å². The monoisotopic (exact) mass is 436 g/mol. The highest BCUT2D eigenvalue weighted by Gasteiger charge is 2.29. The summed E-state index contributed by atoms with van der Waals surface area (Å²) in [6.45, 7) is 6.55. The van der Waals surface area contributed by atoms with Crippen LogP contribution in [0.1, 0.15) is 40.2 Å². The minimum Gasteiger partial charge on any atom is -0.338 e. The fourth-order valence-electron chi connectivity index (χ4n) is 4.11. The molecule has 8 nitrogen and oxygen atoms in total. The summed E-state index contributed by atoms with van der Waals surface area (Å²) < 4.78 is 15.6. The number of likely N-dealkylation sites (tertiary alicyclic amines) is 1. The molecule has 2 amide bonds. The zero-order valence-electron chi connectivity index (χ0n) is 18.3. The summed E-state index contributed by atoms with van der Waals surface area (Å²) >= 11 is 0. The summed E-state index contributed by atoms with van der Waals surface area (Å²) in [5, 5.41) is 13.9. The van der Waals surface area contributed by atoms with Crippen molar-refractivity contribution >= 4 is 17.5 Å². The summed E-state index contributed by atoms with van der Waals surface area (Å²) in [6.07, 6.45) is 1.43. The van der Waals surface area contributed by atoms with Gasteiger partial charge in [0.2, 0.25) is 5.91 Å². The second kappa shape index (κ2) is 8.86. The second-order valence-electron chi connectivity index (χ2n) is 8.26. The third-order valence-electron chi connectivity index (χ3n) is 5.62. The minimum atomic E-state index is -0.499. The molecule has 1 aliphatic rings. The van der Waals surface area contributed by atoms with Crippen molar-refractivity contribution in [3.05, 3.63) is 64.7 Å². The van der Waals surface area contributed by atoms with Gasteiger partial charge in [0.05, 0.1) is 5.92 Å². The van der Waals surface area contributed by atoms with Gasteiger partial charge in [0.25, 0.3) is 5.91 Å². The van der Waals surface area contributed by atoms with Gasteiger partial charge >= 0.3 is 0 Å². The number of hydrogen-bond acceptors (Lipinski definition) is 5. The molecular formula is C23H25FN6O2. The average Bonchev–Trinajstić information content (AvgIpc) is 3.19. The van der Waals surface area contributed by atoms with E-state index >= 15 is 0 Å². The molecule has 1 atom stereocenters. The highest BCUT2D eigenvalue weighted by Crippen LogP contribution is 2.23. The number of halogens is 1. The van der Waals surface area contributed by atoms with E-state index in [4.69, 9.17) is 0 Å². The Labute approximate surface area is 185 Å². The van der Waals surface area contributed by atoms with Crippen molar-refractivity contribution in [2.45, 2.75) is 33.6 Å². The number of piperidine rings is 1. The molecule has 2 heterocycles. The first-order chi connectivity index (χ1) is 15.3. The number of rotatable bonds is 4. The number of anilines is 1. The third kappa shape index (κ3) is 4.51. The maximum atomic E-state index is 14.3. The molecule has 1 aromatic heterocycles. The lowest BCUT2D eigenvalue weighted by atomic mass is 9.96. The summed E-state index contributed by atoms with van der Waals surface area (Å²) in [6, 6.07) is 10.0. The number of nitrogens with one attached hydrogen (secondary N) is 1. The summed E-state index contributed by atoms with van der Waals surface area (Å²) in [5.41, 5.74) is 3.30. The van der Waals surface area contributed by atoms with Gasteiger partial charge in [0, 0.05) is 24.3 Å². The fourth-order valence-corrected chi connectivity index (χ4v) is 4.11. The van der Waals surface area contributed by atoms with Gasteiger partial charge in [-0.25, -0.2) is 4.39 Å². The maximum absolute atomic E-state index is 14.3. The van der Waals surface area contributed by atoms with Crippen molar-refractivity contribution in [1.29, 1.82) is 0 Å². The van der Waals surface area contributed by atoms with Gasteiger partial charge in [-0.2, -0.15) is 4.68 Å². The number of tetrazole rings is 1. The molecule has 166 valence electrons. The Morgan fingerprint density at radius 3 is 2.53 bits per heavy atom. The van der Waals surface area contributed by atoms with Crippen molar-refractivity contribution in [1.82, 2.24) is 25.1 Å². The molecule has 32 heavy (non-hydrogen) atoms. The Bertz CT molecular complexity index is 1150. The molecular weight excluding hydrogens is 411 g/mol. The summed E-state index contributed by atoms with van der Waals surface area (Å²) in [7, 11) is 0. The van der Waals surface area contributed by atoms with E-state index in [0.717, 1.165) is 17.5 Å². The zero-order valence-corrected chi connectivity index (χ0v) is 18.3. The van der Waals surface area contributed by atoms with Crippen molar-refractivity contribution < 1.29 is 14.0 Å². The minimum absolute atomic E-state index is 0.0625. The quantitative estimate of drug-likeness (QED) is 0.678. The molecule has 0 aliphatic carbocycles. The topological polar surface area (TPSA) is 93.0 Å². The van der Waals surface area contributed by atoms with Gasteiger partial charge < -0.3 is 10.2 Å². The Morgan fingerprint density at radius 1 is 1.09 bits per heavy atom. The number of hydrogen-bond donors (Lipinski definition) is 1. The van der Waals surface area contributed by atoms with Crippen LogP contribution in [0.3, 0.4) is 0 Å². The van der Waals surface area contributed by atoms with E-state index in [0.29, 0.717) is 36.6 Å². The molecule has 1 unspecified atom stereocenters. The SMILES string of the molecule is Cc1cc(C)cc(C(=O)N2CCCC(C(=O)Nc3ccc(F)c(-n4nnnc4C)c3)C2)c1. The average molecular weight is 436 g/mol. The molecule has 1 fully saturated rings. The third-order valence-corrected chi connectivity index (χ3v) is 5.62. The number of carbonyl (C=O) groups excluding carboxylic acids is 2. The van der Waals surface area contributed by atoms with Crippen LogP contribution in [0.2, 0.25) is 0 Å². The Kier molecular flexibility index (Phi) is 5.98. The summed E-state index contributed by atoms with van der Waals surface area (Å²) in [5.74, 6) is -0.676. The first-order valence-electron chi connectivity index (χ1n) is 10.5. The normalized spacial score (nSPS) is 16.1. The number of amides is 2. The first kappa shape index (κ1) is 21.6. The van der Waals surface area contributed by atoms with Crippen molar-refractivity contribution in [3.8, 4) is 5.69 Å². The van der Waals surface area contributed by atoms with Gasteiger partial charge in [0.1, 0.15) is 11.5 Å². The van der Waals surface area contributed by atoms with E-state index in [2.05, 4.69) is 20.8 Å². The lowest BCUT2D eigenvalue weighted by Gasteiger charge is -2.32. The molecule has 9 heteroatoms. The number of aromatic nitrogens is 4. The Hall–Kier alpha value is -3.62. The lowest BCUT2D eigenvalue weighted by Crippen LogP contribution is -2.43. The molecule has 1 saturated heterocycles. The highest BCUT2D eigenvalue weighted by atomic mass is 19.1. The molecule has 1 N–H and O–H groups in total.